The van der Waals surface area contributed by atoms with Crippen LogP contribution in [0.5, 0.6) is 17.2 Å². The van der Waals surface area contributed by atoms with Gasteiger partial charge in [-0.25, -0.2) is 4.79 Å². The van der Waals surface area contributed by atoms with Crippen molar-refractivity contribution < 1.29 is 19.4 Å². The Balaban J connectivity index is 2.47. The lowest BCUT2D eigenvalue weighted by molar-refractivity contribution is 0.0694. The van der Waals surface area contributed by atoms with Gasteiger partial charge in [-0.05, 0) is 30.3 Å². The first kappa shape index (κ1) is 14.9. The molecule has 0 fully saturated rings. The molecule has 2 aromatic carbocycles. The van der Waals surface area contributed by atoms with Crippen LogP contribution in [0.15, 0.2) is 40.9 Å². The molecule has 0 saturated heterocycles. The molecule has 0 bridgehead atoms. The van der Waals surface area contributed by atoms with E-state index in [1.165, 1.54) is 25.3 Å². The van der Waals surface area contributed by atoms with Gasteiger partial charge >= 0.3 is 5.97 Å². The summed E-state index contributed by atoms with van der Waals surface area (Å²) in [6.07, 6.45) is 0. The molecule has 6 heteroatoms. The van der Waals surface area contributed by atoms with E-state index in [4.69, 9.17) is 14.7 Å². The van der Waals surface area contributed by atoms with Crippen LogP contribution in [-0.4, -0.2) is 18.2 Å². The smallest absolute Gasteiger partial charge is 0.339 e. The fourth-order valence-electron chi connectivity index (χ4n) is 1.68. The van der Waals surface area contributed by atoms with E-state index >= 15 is 0 Å². The van der Waals surface area contributed by atoms with E-state index in [1.54, 1.807) is 18.2 Å². The van der Waals surface area contributed by atoms with Gasteiger partial charge in [0.05, 0.1) is 12.7 Å². The van der Waals surface area contributed by atoms with E-state index < -0.39 is 5.97 Å². The van der Waals surface area contributed by atoms with Crippen molar-refractivity contribution in [2.24, 2.45) is 0 Å². The second-order valence-corrected chi connectivity index (χ2v) is 4.94. The summed E-state index contributed by atoms with van der Waals surface area (Å²) in [6.45, 7) is 0. The highest BCUT2D eigenvalue weighted by atomic mass is 79.9. The second kappa shape index (κ2) is 6.29. The van der Waals surface area contributed by atoms with E-state index in [9.17, 15) is 9.90 Å². The predicted octanol–water partition coefficient (Wildman–Crippen LogP) is 3.82. The molecule has 5 nitrogen and oxygen atoms in total. The molecule has 2 aromatic rings. The molecule has 0 unspecified atom stereocenters. The molecule has 0 aliphatic heterocycles. The Morgan fingerprint density at radius 2 is 2.00 bits per heavy atom. The number of rotatable bonds is 4. The standard InChI is InChI=1S/C15H10BrNO4/c1-20-11-4-2-9(8-17)14(7-11)21-13-5-3-10(16)6-12(13)15(18)19/h2-7H,1H3,(H,18,19). The minimum atomic E-state index is -1.12. The number of carboxylic acids is 1. The topological polar surface area (TPSA) is 79.5 Å². The van der Waals surface area contributed by atoms with E-state index in [0.29, 0.717) is 10.2 Å². The Bertz CT molecular complexity index is 737. The van der Waals surface area contributed by atoms with Crippen LogP contribution in [0.2, 0.25) is 0 Å². The number of hydrogen-bond donors (Lipinski definition) is 1. The molecule has 0 aliphatic rings. The third-order valence-electron chi connectivity index (χ3n) is 2.70. The van der Waals surface area contributed by atoms with Gasteiger partial charge in [-0.15, -0.1) is 0 Å². The Morgan fingerprint density at radius 3 is 2.62 bits per heavy atom. The molecule has 0 radical (unpaired) electrons. The number of methoxy groups -OCH3 is 1. The van der Waals surface area contributed by atoms with Gasteiger partial charge in [-0.1, -0.05) is 15.9 Å². The molecular formula is C15H10BrNO4. The van der Waals surface area contributed by atoms with Gasteiger partial charge in [-0.3, -0.25) is 0 Å². The number of carbonyl (C=O) groups is 1. The average molecular weight is 348 g/mol. The third-order valence-corrected chi connectivity index (χ3v) is 3.19. The van der Waals surface area contributed by atoms with Crippen molar-refractivity contribution in [1.82, 2.24) is 0 Å². The number of hydrogen-bond acceptors (Lipinski definition) is 4. The highest BCUT2D eigenvalue weighted by Crippen LogP contribution is 2.32. The lowest BCUT2D eigenvalue weighted by Crippen LogP contribution is -2.01. The van der Waals surface area contributed by atoms with Crippen molar-refractivity contribution in [3.05, 3.63) is 52.0 Å². The number of aromatic carboxylic acids is 1. The quantitative estimate of drug-likeness (QED) is 0.909. The van der Waals surface area contributed by atoms with E-state index in [1.807, 2.05) is 6.07 Å². The fourth-order valence-corrected chi connectivity index (χ4v) is 2.04. The summed E-state index contributed by atoms with van der Waals surface area (Å²) in [5.74, 6) is -0.220. The van der Waals surface area contributed by atoms with Gasteiger partial charge in [0.2, 0.25) is 0 Å². The summed E-state index contributed by atoms with van der Waals surface area (Å²) in [5.41, 5.74) is 0.283. The molecule has 0 aromatic heterocycles. The second-order valence-electron chi connectivity index (χ2n) is 4.02. The molecule has 0 atom stereocenters. The Morgan fingerprint density at radius 1 is 1.24 bits per heavy atom. The van der Waals surface area contributed by atoms with Crippen LogP contribution in [-0.2, 0) is 0 Å². The lowest BCUT2D eigenvalue weighted by Gasteiger charge is -2.11. The molecule has 1 N–H and O–H groups in total. The number of ether oxygens (including phenoxy) is 2. The third kappa shape index (κ3) is 3.33. The Labute approximate surface area is 129 Å². The number of carboxylic acid groups (broad SMARTS) is 1. The SMILES string of the molecule is COc1ccc(C#N)c(Oc2ccc(Br)cc2C(=O)O)c1. The highest BCUT2D eigenvalue weighted by molar-refractivity contribution is 9.10. The van der Waals surface area contributed by atoms with Gasteiger partial charge in [-0.2, -0.15) is 5.26 Å². The zero-order chi connectivity index (χ0) is 15.4. The number of nitriles is 1. The predicted molar refractivity (Wildman–Crippen MR) is 78.9 cm³/mol. The van der Waals surface area contributed by atoms with Crippen molar-refractivity contribution in [3.8, 4) is 23.3 Å². The summed E-state index contributed by atoms with van der Waals surface area (Å²) < 4.78 is 11.3. The van der Waals surface area contributed by atoms with Gasteiger partial charge in [0.25, 0.3) is 0 Å². The maximum absolute atomic E-state index is 11.3. The summed E-state index contributed by atoms with van der Waals surface area (Å²) in [7, 11) is 1.49. The molecule has 0 saturated carbocycles. The minimum Gasteiger partial charge on any atom is -0.497 e. The summed E-state index contributed by atoms with van der Waals surface area (Å²) in [6, 6.07) is 11.3. The van der Waals surface area contributed by atoms with Gasteiger partial charge < -0.3 is 14.6 Å². The molecule has 0 heterocycles. The number of nitrogens with zero attached hydrogens (tertiary/aromatic N) is 1. The normalized spacial score (nSPS) is 9.76. The summed E-state index contributed by atoms with van der Waals surface area (Å²) >= 11 is 3.21. The van der Waals surface area contributed by atoms with Crippen molar-refractivity contribution in [3.63, 3.8) is 0 Å². The molecule has 0 amide bonds. The summed E-state index contributed by atoms with van der Waals surface area (Å²) in [5, 5.41) is 18.3. The van der Waals surface area contributed by atoms with Gasteiger partial charge in [0, 0.05) is 10.5 Å². The molecule has 2 rings (SSSR count). The lowest BCUT2D eigenvalue weighted by atomic mass is 10.2. The number of halogens is 1. The zero-order valence-electron chi connectivity index (χ0n) is 11.0. The van der Waals surface area contributed by atoms with Crippen LogP contribution >= 0.6 is 15.9 Å². The minimum absolute atomic E-state index is 0.00363. The Hall–Kier alpha value is -2.52. The van der Waals surface area contributed by atoms with Crippen LogP contribution in [0, 0.1) is 11.3 Å². The number of benzene rings is 2. The molecule has 0 spiro atoms. The maximum Gasteiger partial charge on any atom is 0.339 e. The zero-order valence-corrected chi connectivity index (χ0v) is 12.5. The first-order valence-electron chi connectivity index (χ1n) is 5.84. The molecule has 106 valence electrons. The van der Waals surface area contributed by atoms with Crippen LogP contribution in [0.25, 0.3) is 0 Å². The van der Waals surface area contributed by atoms with E-state index in [-0.39, 0.29) is 22.6 Å². The van der Waals surface area contributed by atoms with Crippen molar-refractivity contribution in [1.29, 1.82) is 5.26 Å². The molecule has 0 aliphatic carbocycles. The highest BCUT2D eigenvalue weighted by Gasteiger charge is 2.15. The maximum atomic E-state index is 11.3. The van der Waals surface area contributed by atoms with Crippen LogP contribution in [0.4, 0.5) is 0 Å². The van der Waals surface area contributed by atoms with E-state index in [0.717, 1.165) is 0 Å². The van der Waals surface area contributed by atoms with Crippen LogP contribution in [0.3, 0.4) is 0 Å². The molecule has 21 heavy (non-hydrogen) atoms. The fraction of sp³-hybridized carbons (Fsp3) is 0.0667. The van der Waals surface area contributed by atoms with Gasteiger partial charge in [0.15, 0.2) is 0 Å². The van der Waals surface area contributed by atoms with Crippen molar-refractivity contribution in [2.45, 2.75) is 0 Å². The summed E-state index contributed by atoms with van der Waals surface area (Å²) in [4.78, 5) is 11.3. The first-order valence-corrected chi connectivity index (χ1v) is 6.63. The average Bonchev–Trinajstić information content (AvgIpc) is 2.48. The first-order chi connectivity index (χ1) is 10.0. The van der Waals surface area contributed by atoms with E-state index in [2.05, 4.69) is 15.9 Å². The largest absolute Gasteiger partial charge is 0.497 e. The molecular weight excluding hydrogens is 338 g/mol. The Kier molecular flexibility index (Phi) is 4.45. The van der Waals surface area contributed by atoms with Crippen molar-refractivity contribution in [2.75, 3.05) is 7.11 Å². The van der Waals surface area contributed by atoms with Gasteiger partial charge in [0.1, 0.15) is 28.9 Å². The monoisotopic (exact) mass is 347 g/mol. The van der Waals surface area contributed by atoms with Crippen LogP contribution in [0.1, 0.15) is 15.9 Å². The van der Waals surface area contributed by atoms with Crippen molar-refractivity contribution >= 4 is 21.9 Å². The van der Waals surface area contributed by atoms with Crippen LogP contribution < -0.4 is 9.47 Å².